The summed E-state index contributed by atoms with van der Waals surface area (Å²) >= 11 is 3.36. The van der Waals surface area contributed by atoms with Gasteiger partial charge in [0.1, 0.15) is 6.07 Å². The van der Waals surface area contributed by atoms with Crippen molar-refractivity contribution in [1.82, 2.24) is 4.57 Å². The molecule has 0 saturated carbocycles. The summed E-state index contributed by atoms with van der Waals surface area (Å²) in [6, 6.07) is 6.67. The zero-order valence-corrected chi connectivity index (χ0v) is 14.6. The van der Waals surface area contributed by atoms with Crippen LogP contribution in [0.3, 0.4) is 0 Å². The number of benzene rings is 1. The lowest BCUT2D eigenvalue weighted by molar-refractivity contribution is 0.0525. The Labute approximate surface area is 146 Å². The molecule has 24 heavy (non-hydrogen) atoms. The first-order valence-electron chi connectivity index (χ1n) is 6.90. The predicted octanol–water partition coefficient (Wildman–Crippen LogP) is 2.66. The maximum Gasteiger partial charge on any atom is 0.357 e. The van der Waals surface area contributed by atoms with Gasteiger partial charge in [-0.15, -0.1) is 0 Å². The average molecular weight is 392 g/mol. The van der Waals surface area contributed by atoms with E-state index in [9.17, 15) is 9.59 Å². The SMILES string of the molecule is CCOC(=O)c1ccc(-n2cc(C#N)c(N)c2C(=O)OC)c(Br)c1. The first-order chi connectivity index (χ1) is 11.4. The molecule has 1 heterocycles. The molecule has 0 fully saturated rings. The molecule has 0 saturated heterocycles. The van der Waals surface area contributed by atoms with E-state index in [0.29, 0.717) is 15.7 Å². The van der Waals surface area contributed by atoms with Gasteiger partial charge in [0.15, 0.2) is 5.69 Å². The lowest BCUT2D eigenvalue weighted by Crippen LogP contribution is -2.12. The number of rotatable bonds is 4. The van der Waals surface area contributed by atoms with E-state index in [2.05, 4.69) is 15.9 Å². The van der Waals surface area contributed by atoms with Gasteiger partial charge in [0, 0.05) is 10.7 Å². The van der Waals surface area contributed by atoms with Crippen LogP contribution in [0, 0.1) is 11.3 Å². The van der Waals surface area contributed by atoms with Crippen LogP contribution in [0.2, 0.25) is 0 Å². The highest BCUT2D eigenvalue weighted by molar-refractivity contribution is 9.10. The Hall–Kier alpha value is -2.79. The van der Waals surface area contributed by atoms with Crippen LogP contribution in [0.5, 0.6) is 0 Å². The van der Waals surface area contributed by atoms with Gasteiger partial charge < -0.3 is 19.8 Å². The fourth-order valence-electron chi connectivity index (χ4n) is 2.15. The number of hydrogen-bond acceptors (Lipinski definition) is 6. The number of ether oxygens (including phenoxy) is 2. The second kappa shape index (κ2) is 7.19. The predicted molar refractivity (Wildman–Crippen MR) is 89.9 cm³/mol. The van der Waals surface area contributed by atoms with Gasteiger partial charge in [0.25, 0.3) is 0 Å². The number of carbonyl (C=O) groups is 2. The summed E-state index contributed by atoms with van der Waals surface area (Å²) in [5.41, 5.74) is 6.96. The van der Waals surface area contributed by atoms with E-state index in [0.717, 1.165) is 0 Å². The monoisotopic (exact) mass is 391 g/mol. The van der Waals surface area contributed by atoms with E-state index in [1.807, 2.05) is 6.07 Å². The number of nitriles is 1. The first-order valence-corrected chi connectivity index (χ1v) is 7.70. The maximum atomic E-state index is 12.0. The zero-order valence-electron chi connectivity index (χ0n) is 13.0. The van der Waals surface area contributed by atoms with Gasteiger partial charge in [-0.2, -0.15) is 5.26 Å². The van der Waals surface area contributed by atoms with Crippen molar-refractivity contribution in [3.05, 3.63) is 45.7 Å². The molecule has 0 aliphatic carbocycles. The molecular weight excluding hydrogens is 378 g/mol. The van der Waals surface area contributed by atoms with Crippen LogP contribution in [0.1, 0.15) is 33.3 Å². The van der Waals surface area contributed by atoms with E-state index in [4.69, 9.17) is 20.5 Å². The molecule has 0 bridgehead atoms. The van der Waals surface area contributed by atoms with Gasteiger partial charge in [0.2, 0.25) is 0 Å². The Kier molecular flexibility index (Phi) is 5.26. The molecule has 2 rings (SSSR count). The van der Waals surface area contributed by atoms with E-state index in [1.54, 1.807) is 25.1 Å². The van der Waals surface area contributed by atoms with Crippen LogP contribution in [0.4, 0.5) is 5.69 Å². The molecule has 124 valence electrons. The number of esters is 2. The van der Waals surface area contributed by atoms with Crippen molar-refractivity contribution in [2.24, 2.45) is 0 Å². The molecule has 0 atom stereocenters. The van der Waals surface area contributed by atoms with Crippen LogP contribution >= 0.6 is 15.9 Å². The van der Waals surface area contributed by atoms with Crippen LogP contribution in [-0.2, 0) is 9.47 Å². The molecule has 0 radical (unpaired) electrons. The largest absolute Gasteiger partial charge is 0.464 e. The first kappa shape index (κ1) is 17.6. The number of methoxy groups -OCH3 is 1. The summed E-state index contributed by atoms with van der Waals surface area (Å²) in [5, 5.41) is 9.13. The van der Waals surface area contributed by atoms with Gasteiger partial charge in [0.05, 0.1) is 36.2 Å². The lowest BCUT2D eigenvalue weighted by Gasteiger charge is -2.11. The molecule has 0 unspecified atom stereocenters. The van der Waals surface area contributed by atoms with E-state index in [1.165, 1.54) is 17.9 Å². The minimum Gasteiger partial charge on any atom is -0.464 e. The third-order valence-electron chi connectivity index (χ3n) is 3.26. The minimum atomic E-state index is -0.671. The van der Waals surface area contributed by atoms with Crippen molar-refractivity contribution in [2.75, 3.05) is 19.5 Å². The second-order valence-electron chi connectivity index (χ2n) is 4.67. The number of hydrogen-bond donors (Lipinski definition) is 1. The van der Waals surface area contributed by atoms with Gasteiger partial charge in [-0.25, -0.2) is 9.59 Å². The molecule has 2 aromatic rings. The van der Waals surface area contributed by atoms with E-state index in [-0.39, 0.29) is 23.6 Å². The van der Waals surface area contributed by atoms with Crippen molar-refractivity contribution < 1.29 is 19.1 Å². The molecule has 0 spiro atoms. The standard InChI is InChI=1S/C16H14BrN3O4/c1-3-24-15(21)9-4-5-12(11(17)6-9)20-8-10(7-18)13(19)14(20)16(22)23-2/h4-6,8H,3,19H2,1-2H3. The third kappa shape index (κ3) is 3.12. The van der Waals surface area contributed by atoms with Crippen molar-refractivity contribution >= 4 is 33.6 Å². The number of carbonyl (C=O) groups excluding carboxylic acids is 2. The Morgan fingerprint density at radius 3 is 2.62 bits per heavy atom. The summed E-state index contributed by atoms with van der Waals surface area (Å²) in [6.45, 7) is 1.99. The van der Waals surface area contributed by atoms with Crippen molar-refractivity contribution in [3.8, 4) is 11.8 Å². The summed E-state index contributed by atoms with van der Waals surface area (Å²) < 4.78 is 11.6. The Bertz CT molecular complexity index is 852. The Balaban J connectivity index is 2.59. The van der Waals surface area contributed by atoms with Crippen LogP contribution in [0.25, 0.3) is 5.69 Å². The molecule has 0 amide bonds. The average Bonchev–Trinajstić information content (AvgIpc) is 2.90. The lowest BCUT2D eigenvalue weighted by atomic mass is 10.2. The highest BCUT2D eigenvalue weighted by atomic mass is 79.9. The molecular formula is C16H14BrN3O4. The number of aromatic nitrogens is 1. The van der Waals surface area contributed by atoms with Gasteiger partial charge in [-0.05, 0) is 41.1 Å². The Morgan fingerprint density at radius 1 is 1.38 bits per heavy atom. The summed E-state index contributed by atoms with van der Waals surface area (Å²) in [5.74, 6) is -1.13. The van der Waals surface area contributed by atoms with Gasteiger partial charge >= 0.3 is 11.9 Å². The van der Waals surface area contributed by atoms with Gasteiger partial charge in [-0.1, -0.05) is 0 Å². The van der Waals surface area contributed by atoms with Crippen LogP contribution < -0.4 is 5.73 Å². The van der Waals surface area contributed by atoms with Gasteiger partial charge in [-0.3, -0.25) is 0 Å². The van der Waals surface area contributed by atoms with Crippen LogP contribution in [0.15, 0.2) is 28.9 Å². The fraction of sp³-hybridized carbons (Fsp3) is 0.188. The Morgan fingerprint density at radius 2 is 2.08 bits per heavy atom. The maximum absolute atomic E-state index is 12.0. The molecule has 1 aromatic heterocycles. The molecule has 0 aliphatic heterocycles. The van der Waals surface area contributed by atoms with Crippen molar-refractivity contribution in [1.29, 1.82) is 5.26 Å². The van der Waals surface area contributed by atoms with Crippen LogP contribution in [-0.4, -0.2) is 30.2 Å². The van der Waals surface area contributed by atoms with E-state index < -0.39 is 11.9 Å². The van der Waals surface area contributed by atoms with Crippen molar-refractivity contribution in [3.63, 3.8) is 0 Å². The van der Waals surface area contributed by atoms with E-state index >= 15 is 0 Å². The highest BCUT2D eigenvalue weighted by Crippen LogP contribution is 2.29. The molecule has 1 aromatic carbocycles. The molecule has 2 N–H and O–H groups in total. The second-order valence-corrected chi connectivity index (χ2v) is 5.52. The number of nitrogens with two attached hydrogens (primary N) is 1. The molecule has 8 heteroatoms. The quantitative estimate of drug-likeness (QED) is 0.802. The summed E-state index contributed by atoms with van der Waals surface area (Å²) in [7, 11) is 1.23. The topological polar surface area (TPSA) is 107 Å². The number of nitrogens with zero attached hydrogens (tertiary/aromatic N) is 2. The summed E-state index contributed by atoms with van der Waals surface area (Å²) in [6.07, 6.45) is 1.44. The minimum absolute atomic E-state index is 0.0331. The molecule has 0 aliphatic rings. The summed E-state index contributed by atoms with van der Waals surface area (Å²) in [4.78, 5) is 23.8. The third-order valence-corrected chi connectivity index (χ3v) is 3.90. The highest BCUT2D eigenvalue weighted by Gasteiger charge is 2.23. The van der Waals surface area contributed by atoms with Crippen molar-refractivity contribution in [2.45, 2.75) is 6.92 Å². The zero-order chi connectivity index (χ0) is 17.9. The smallest absolute Gasteiger partial charge is 0.357 e. The fourth-order valence-corrected chi connectivity index (χ4v) is 2.72. The number of nitrogen functional groups attached to an aromatic ring is 1. The number of anilines is 1. The molecule has 7 nitrogen and oxygen atoms in total. The normalized spacial score (nSPS) is 10.1. The number of halogens is 1.